The Morgan fingerprint density at radius 3 is 1.43 bits per heavy atom. The quantitative estimate of drug-likeness (QED) is 0.635. The van der Waals surface area contributed by atoms with Gasteiger partial charge in [0.05, 0.1) is 11.5 Å². The second-order valence-electron chi connectivity index (χ2n) is 3.49. The highest BCUT2D eigenvalue weighted by molar-refractivity contribution is 7.91. The molecule has 0 aromatic rings. The Labute approximate surface area is 84.3 Å². The SMILES string of the molecule is CC(=O)C(CS(C)(=O)=O)CS(C)(=O)=O. The molecule has 0 heterocycles. The molecule has 0 saturated heterocycles. The minimum Gasteiger partial charge on any atom is -0.300 e. The normalized spacial score (nSPS) is 13.1. The topological polar surface area (TPSA) is 85.3 Å². The Morgan fingerprint density at radius 2 is 1.29 bits per heavy atom. The molecule has 0 aromatic heterocycles. The predicted molar refractivity (Wildman–Crippen MR) is 53.6 cm³/mol. The van der Waals surface area contributed by atoms with E-state index in [0.29, 0.717) is 0 Å². The zero-order valence-corrected chi connectivity index (χ0v) is 9.98. The molecule has 7 heteroatoms. The molecular formula is C7H14O5S2. The van der Waals surface area contributed by atoms with E-state index in [2.05, 4.69) is 0 Å². The van der Waals surface area contributed by atoms with E-state index < -0.39 is 42.9 Å². The molecular weight excluding hydrogens is 228 g/mol. The number of Topliss-reactive ketones (excluding diaryl/α,β-unsaturated/α-hetero) is 1. The molecule has 0 N–H and O–H groups in total. The van der Waals surface area contributed by atoms with Crippen molar-refractivity contribution in [3.05, 3.63) is 0 Å². The molecule has 0 spiro atoms. The van der Waals surface area contributed by atoms with Crippen molar-refractivity contribution >= 4 is 25.5 Å². The van der Waals surface area contributed by atoms with E-state index >= 15 is 0 Å². The van der Waals surface area contributed by atoms with Crippen molar-refractivity contribution < 1.29 is 21.6 Å². The Balaban J connectivity index is 4.73. The summed E-state index contributed by atoms with van der Waals surface area (Å²) in [5.74, 6) is -2.18. The second kappa shape index (κ2) is 4.39. The first-order valence-electron chi connectivity index (χ1n) is 3.87. The number of sulfone groups is 2. The summed E-state index contributed by atoms with van der Waals surface area (Å²) in [6.45, 7) is 1.20. The van der Waals surface area contributed by atoms with E-state index in [-0.39, 0.29) is 0 Å². The van der Waals surface area contributed by atoms with Crippen LogP contribution in [0.2, 0.25) is 0 Å². The summed E-state index contributed by atoms with van der Waals surface area (Å²) in [6, 6.07) is 0. The second-order valence-corrected chi connectivity index (χ2v) is 7.86. The molecule has 0 aromatic carbocycles. The van der Waals surface area contributed by atoms with Gasteiger partial charge in [-0.05, 0) is 6.92 Å². The van der Waals surface area contributed by atoms with Gasteiger partial charge < -0.3 is 0 Å². The molecule has 14 heavy (non-hydrogen) atoms. The van der Waals surface area contributed by atoms with Gasteiger partial charge in [0.15, 0.2) is 0 Å². The van der Waals surface area contributed by atoms with Gasteiger partial charge in [0.25, 0.3) is 0 Å². The summed E-state index contributed by atoms with van der Waals surface area (Å²) in [4.78, 5) is 11.0. The lowest BCUT2D eigenvalue weighted by atomic mass is 10.1. The zero-order valence-electron chi connectivity index (χ0n) is 8.35. The highest BCUT2D eigenvalue weighted by Crippen LogP contribution is 2.06. The molecule has 5 nitrogen and oxygen atoms in total. The number of rotatable bonds is 5. The standard InChI is InChI=1S/C7H14O5S2/c1-6(8)7(4-13(2,9)10)5-14(3,11)12/h7H,4-5H2,1-3H3. The van der Waals surface area contributed by atoms with Crippen LogP contribution in [0.15, 0.2) is 0 Å². The number of hydrogen-bond donors (Lipinski definition) is 0. The molecule has 84 valence electrons. The van der Waals surface area contributed by atoms with Crippen LogP contribution in [-0.2, 0) is 24.5 Å². The van der Waals surface area contributed by atoms with Gasteiger partial charge in [-0.25, -0.2) is 16.8 Å². The van der Waals surface area contributed by atoms with Crippen molar-refractivity contribution in [2.45, 2.75) is 6.92 Å². The van der Waals surface area contributed by atoms with E-state index in [1.807, 2.05) is 0 Å². The maximum atomic E-state index is 11.0. The van der Waals surface area contributed by atoms with Gasteiger partial charge >= 0.3 is 0 Å². The van der Waals surface area contributed by atoms with Crippen LogP contribution in [-0.4, -0.2) is 46.6 Å². The van der Waals surface area contributed by atoms with Crippen LogP contribution in [0.5, 0.6) is 0 Å². The van der Waals surface area contributed by atoms with E-state index in [4.69, 9.17) is 0 Å². The molecule has 0 fully saturated rings. The molecule has 0 aliphatic heterocycles. The van der Waals surface area contributed by atoms with Crippen LogP contribution in [0.1, 0.15) is 6.92 Å². The molecule has 0 radical (unpaired) electrons. The smallest absolute Gasteiger partial charge is 0.148 e. The minimum absolute atomic E-state index is 0.407. The third kappa shape index (κ3) is 7.02. The highest BCUT2D eigenvalue weighted by atomic mass is 32.2. The third-order valence-electron chi connectivity index (χ3n) is 1.58. The maximum Gasteiger partial charge on any atom is 0.148 e. The van der Waals surface area contributed by atoms with Gasteiger partial charge in [-0.1, -0.05) is 0 Å². The van der Waals surface area contributed by atoms with E-state index in [1.165, 1.54) is 6.92 Å². The summed E-state index contributed by atoms with van der Waals surface area (Å²) in [5.41, 5.74) is 0. The van der Waals surface area contributed by atoms with Crippen molar-refractivity contribution in [1.29, 1.82) is 0 Å². The van der Waals surface area contributed by atoms with Gasteiger partial charge in [0.1, 0.15) is 25.5 Å². The summed E-state index contributed by atoms with van der Waals surface area (Å²) in [6.07, 6.45) is 1.95. The molecule has 0 aliphatic rings. The first-order chi connectivity index (χ1) is 6.01. The van der Waals surface area contributed by atoms with Crippen molar-refractivity contribution in [3.8, 4) is 0 Å². The molecule has 0 amide bonds. The highest BCUT2D eigenvalue weighted by Gasteiger charge is 2.23. The Kier molecular flexibility index (Phi) is 4.26. The van der Waals surface area contributed by atoms with Crippen molar-refractivity contribution in [2.24, 2.45) is 5.92 Å². The zero-order chi connectivity index (χ0) is 11.6. The molecule has 0 atom stereocenters. The molecule has 0 aliphatic carbocycles. The fourth-order valence-electron chi connectivity index (χ4n) is 1.01. The van der Waals surface area contributed by atoms with E-state index in [0.717, 1.165) is 12.5 Å². The molecule has 0 saturated carbocycles. The van der Waals surface area contributed by atoms with Crippen LogP contribution in [0, 0.1) is 5.92 Å². The van der Waals surface area contributed by atoms with Crippen LogP contribution >= 0.6 is 0 Å². The fraction of sp³-hybridized carbons (Fsp3) is 0.857. The predicted octanol–water partition coefficient (Wildman–Crippen LogP) is -0.719. The van der Waals surface area contributed by atoms with E-state index in [9.17, 15) is 21.6 Å². The molecule has 0 unspecified atom stereocenters. The Hall–Kier alpha value is -0.430. The Bertz CT molecular complexity index is 369. The first kappa shape index (κ1) is 13.6. The largest absolute Gasteiger partial charge is 0.300 e. The molecule has 0 bridgehead atoms. The van der Waals surface area contributed by atoms with Crippen molar-refractivity contribution in [3.63, 3.8) is 0 Å². The van der Waals surface area contributed by atoms with Crippen molar-refractivity contribution in [2.75, 3.05) is 24.0 Å². The summed E-state index contributed by atoms with van der Waals surface area (Å²) in [7, 11) is -6.65. The average molecular weight is 242 g/mol. The molecule has 0 rings (SSSR count). The van der Waals surface area contributed by atoms with Gasteiger partial charge in [-0.15, -0.1) is 0 Å². The maximum absolute atomic E-state index is 11.0. The van der Waals surface area contributed by atoms with Crippen LogP contribution in [0.4, 0.5) is 0 Å². The fourth-order valence-corrected chi connectivity index (χ4v) is 3.33. The van der Waals surface area contributed by atoms with E-state index in [1.54, 1.807) is 0 Å². The van der Waals surface area contributed by atoms with Crippen molar-refractivity contribution in [1.82, 2.24) is 0 Å². The summed E-state index contributed by atoms with van der Waals surface area (Å²) in [5, 5.41) is 0. The van der Waals surface area contributed by atoms with Gasteiger partial charge in [0.2, 0.25) is 0 Å². The lowest BCUT2D eigenvalue weighted by molar-refractivity contribution is -0.119. The van der Waals surface area contributed by atoms with Crippen LogP contribution in [0.25, 0.3) is 0 Å². The van der Waals surface area contributed by atoms with Gasteiger partial charge in [-0.3, -0.25) is 4.79 Å². The average Bonchev–Trinajstić information content (AvgIpc) is 1.78. The lowest BCUT2D eigenvalue weighted by Gasteiger charge is -2.10. The lowest BCUT2D eigenvalue weighted by Crippen LogP contribution is -2.28. The monoisotopic (exact) mass is 242 g/mol. The number of carbonyl (C=O) groups excluding carboxylic acids is 1. The Morgan fingerprint density at radius 1 is 1.00 bits per heavy atom. The number of ketones is 1. The van der Waals surface area contributed by atoms with Crippen LogP contribution < -0.4 is 0 Å². The third-order valence-corrected chi connectivity index (χ3v) is 3.60. The summed E-state index contributed by atoms with van der Waals surface area (Å²) >= 11 is 0. The minimum atomic E-state index is -3.33. The number of hydrogen-bond acceptors (Lipinski definition) is 5. The van der Waals surface area contributed by atoms with Crippen LogP contribution in [0.3, 0.4) is 0 Å². The van der Waals surface area contributed by atoms with Gasteiger partial charge in [-0.2, -0.15) is 0 Å². The number of carbonyl (C=O) groups is 1. The summed E-state index contributed by atoms with van der Waals surface area (Å²) < 4.78 is 43.5. The van der Waals surface area contributed by atoms with Gasteiger partial charge in [0, 0.05) is 18.4 Å². The first-order valence-corrected chi connectivity index (χ1v) is 7.99.